The van der Waals surface area contributed by atoms with Crippen LogP contribution in [0.25, 0.3) is 0 Å². The predicted octanol–water partition coefficient (Wildman–Crippen LogP) is 1.66. The van der Waals surface area contributed by atoms with Crippen molar-refractivity contribution in [1.29, 1.82) is 0 Å². The van der Waals surface area contributed by atoms with Gasteiger partial charge in [0.15, 0.2) is 0 Å². The second-order valence-electron chi connectivity index (χ2n) is 2.60. The molecule has 1 nitrogen and oxygen atoms in total. The molecule has 80 valence electrons. The summed E-state index contributed by atoms with van der Waals surface area (Å²) in [7, 11) is 0. The first-order valence-electron chi connectivity index (χ1n) is 3.99. The molecule has 0 heterocycles. The molecule has 0 spiro atoms. The van der Waals surface area contributed by atoms with Crippen molar-refractivity contribution in [2.45, 2.75) is 6.18 Å². The zero-order chi connectivity index (χ0) is 11.3. The van der Waals surface area contributed by atoms with Crippen molar-refractivity contribution >= 4 is 25.2 Å². The third-order valence-corrected chi connectivity index (χ3v) is 3.16. The maximum atomic E-state index is 11.8. The Bertz CT molecular complexity index is 357. The average Bonchev–Trinajstić information content (AvgIpc) is 2.18. The van der Waals surface area contributed by atoms with Gasteiger partial charge in [-0.2, -0.15) is 0 Å². The third-order valence-electron chi connectivity index (χ3n) is 1.45. The van der Waals surface area contributed by atoms with Gasteiger partial charge in [-0.1, -0.05) is 0 Å². The number of rotatable bonds is 3. The minimum atomic E-state index is -4.76. The summed E-state index contributed by atoms with van der Waals surface area (Å²) < 4.78 is 36.3. The Hall–Kier alpha value is -1.06. The van der Waals surface area contributed by atoms with E-state index in [2.05, 4.69) is 0 Å². The van der Waals surface area contributed by atoms with Crippen LogP contribution in [0.3, 0.4) is 0 Å². The van der Waals surface area contributed by atoms with E-state index >= 15 is 0 Å². The molecule has 0 atom stereocenters. The van der Waals surface area contributed by atoms with Crippen molar-refractivity contribution in [3.05, 3.63) is 41.4 Å². The molecule has 0 saturated heterocycles. The van der Waals surface area contributed by atoms with Crippen molar-refractivity contribution in [2.24, 2.45) is 0 Å². The van der Waals surface area contributed by atoms with Crippen LogP contribution in [0.2, 0.25) is 0 Å². The first kappa shape index (κ1) is 12.0. The van der Waals surface area contributed by atoms with E-state index < -0.39 is 12.0 Å². The molecule has 0 N–H and O–H groups in total. The molecule has 0 radical (unpaired) electrons. The second kappa shape index (κ2) is 5.14. The van der Waals surface area contributed by atoms with Gasteiger partial charge in [-0.05, 0) is 0 Å². The fourth-order valence-electron chi connectivity index (χ4n) is 0.768. The Balaban J connectivity index is 2.51. The molecule has 1 rings (SSSR count). The van der Waals surface area contributed by atoms with Crippen LogP contribution in [-0.4, -0.2) is 26.9 Å². The summed E-state index contributed by atoms with van der Waals surface area (Å²) in [5.41, 5.74) is 0. The van der Waals surface area contributed by atoms with E-state index in [1.807, 2.05) is 18.2 Å². The molecule has 0 aliphatic carbocycles. The molecule has 0 fully saturated rings. The number of alkyl halides is 3. The van der Waals surface area contributed by atoms with Gasteiger partial charge in [0.2, 0.25) is 0 Å². The summed E-state index contributed by atoms with van der Waals surface area (Å²) >= 11 is -0.234. The van der Waals surface area contributed by atoms with Gasteiger partial charge < -0.3 is 0 Å². The van der Waals surface area contributed by atoms with Gasteiger partial charge >= 0.3 is 90.7 Å². The van der Waals surface area contributed by atoms with Gasteiger partial charge in [-0.15, -0.1) is 0 Å². The van der Waals surface area contributed by atoms with Crippen LogP contribution in [0, 0.1) is 0 Å². The van der Waals surface area contributed by atoms with Crippen LogP contribution < -0.4 is 4.46 Å². The van der Waals surface area contributed by atoms with Crippen LogP contribution in [0.1, 0.15) is 0 Å². The molecule has 0 aliphatic heterocycles. The predicted molar refractivity (Wildman–Crippen MR) is 52.0 cm³/mol. The molecule has 15 heavy (non-hydrogen) atoms. The van der Waals surface area contributed by atoms with E-state index in [1.54, 1.807) is 12.1 Å². The van der Waals surface area contributed by atoms with E-state index in [0.717, 1.165) is 4.46 Å². The van der Waals surface area contributed by atoms with Crippen molar-refractivity contribution in [1.82, 2.24) is 0 Å². The fraction of sp³-hybridized carbons (Fsp3) is 0.100. The summed E-state index contributed by atoms with van der Waals surface area (Å²) in [6, 6.07) is 9.04. The molecule has 0 aliphatic rings. The van der Waals surface area contributed by atoms with Crippen LogP contribution in [0.15, 0.2) is 41.4 Å². The van der Waals surface area contributed by atoms with Crippen molar-refractivity contribution in [3.8, 4) is 0 Å². The maximum absolute atomic E-state index is 11.8. The van der Waals surface area contributed by atoms with Crippen LogP contribution in [0.4, 0.5) is 13.2 Å². The summed E-state index contributed by atoms with van der Waals surface area (Å²) in [6.07, 6.45) is -4.17. The Morgan fingerprint density at radius 1 is 1.20 bits per heavy atom. The van der Waals surface area contributed by atoms with Gasteiger partial charge in [0.1, 0.15) is 0 Å². The fourth-order valence-corrected chi connectivity index (χ4v) is 2.16. The number of ketones is 1. The van der Waals surface area contributed by atoms with E-state index in [9.17, 15) is 18.0 Å². The molecule has 0 amide bonds. The van der Waals surface area contributed by atoms with Gasteiger partial charge in [0.05, 0.1) is 0 Å². The molecule has 0 unspecified atom stereocenters. The molecule has 0 bridgehead atoms. The molecule has 1 aromatic carbocycles. The number of carbonyl (C=O) groups excluding carboxylic acids is 1. The third kappa shape index (κ3) is 4.32. The van der Waals surface area contributed by atoms with Crippen LogP contribution in [0.5, 0.6) is 0 Å². The number of hydrogen-bond acceptors (Lipinski definition) is 1. The van der Waals surface area contributed by atoms with Gasteiger partial charge in [0, 0.05) is 0 Å². The number of carbonyl (C=O) groups is 1. The number of benzene rings is 1. The van der Waals surface area contributed by atoms with E-state index in [-0.39, 0.29) is 15.0 Å². The monoisotopic (exact) mass is 280 g/mol. The zero-order valence-electron chi connectivity index (χ0n) is 7.49. The molecule has 0 aromatic heterocycles. The SMILES string of the molecule is O=C(/C=C\[Se]c1ccccc1)C(F)(F)F. The van der Waals surface area contributed by atoms with Crippen molar-refractivity contribution in [2.75, 3.05) is 0 Å². The molecule has 5 heteroatoms. The molecule has 0 saturated carbocycles. The van der Waals surface area contributed by atoms with Crippen molar-refractivity contribution in [3.63, 3.8) is 0 Å². The number of hydrogen-bond donors (Lipinski definition) is 0. The molecule has 1 aromatic rings. The zero-order valence-corrected chi connectivity index (χ0v) is 9.20. The Morgan fingerprint density at radius 3 is 2.33 bits per heavy atom. The standard InChI is InChI=1S/C10H7F3OSe/c11-10(12,13)9(14)6-7-15-8-4-2-1-3-5-8/h1-7H/b7-6-. The van der Waals surface area contributed by atoms with Gasteiger partial charge in [-0.25, -0.2) is 0 Å². The Labute approximate surface area is 91.1 Å². The van der Waals surface area contributed by atoms with Gasteiger partial charge in [0.25, 0.3) is 0 Å². The van der Waals surface area contributed by atoms with E-state index in [4.69, 9.17) is 0 Å². The summed E-state index contributed by atoms with van der Waals surface area (Å²) in [5, 5.41) is 0. The first-order chi connectivity index (χ1) is 7.00. The van der Waals surface area contributed by atoms with Crippen molar-refractivity contribution < 1.29 is 18.0 Å². The number of allylic oxidation sites excluding steroid dienone is 1. The quantitative estimate of drug-likeness (QED) is 0.607. The summed E-state index contributed by atoms with van der Waals surface area (Å²) in [6.45, 7) is 0. The molecular weight excluding hydrogens is 272 g/mol. The second-order valence-corrected chi connectivity index (χ2v) is 4.65. The van der Waals surface area contributed by atoms with Crippen LogP contribution in [-0.2, 0) is 4.79 Å². The summed E-state index contributed by atoms with van der Waals surface area (Å²) in [5.74, 6) is -1.81. The van der Waals surface area contributed by atoms with E-state index in [1.165, 1.54) is 4.97 Å². The van der Waals surface area contributed by atoms with Gasteiger partial charge in [-0.3, -0.25) is 0 Å². The first-order valence-corrected chi connectivity index (χ1v) is 5.84. The minimum absolute atomic E-state index is 0.234. The topological polar surface area (TPSA) is 17.1 Å². The average molecular weight is 279 g/mol. The number of halogens is 3. The normalized spacial score (nSPS) is 11.9. The van der Waals surface area contributed by atoms with E-state index in [0.29, 0.717) is 6.08 Å². The Morgan fingerprint density at radius 2 is 1.80 bits per heavy atom. The van der Waals surface area contributed by atoms with Crippen LogP contribution >= 0.6 is 0 Å². The Kier molecular flexibility index (Phi) is 4.12. The summed E-state index contributed by atoms with van der Waals surface area (Å²) in [4.78, 5) is 11.7. The molecular formula is C10H7F3OSe.